The fraction of sp³-hybridized carbons (Fsp3) is 0.833. The van der Waals surface area contributed by atoms with Gasteiger partial charge in [-0.3, -0.25) is 0 Å². The van der Waals surface area contributed by atoms with Crippen LogP contribution in [0, 0.1) is 5.92 Å². The lowest BCUT2D eigenvalue weighted by Crippen LogP contribution is -2.18. The number of nitrogens with zero attached hydrogens (tertiary/aromatic N) is 2. The predicted octanol–water partition coefficient (Wildman–Crippen LogP) is 1.46. The van der Waals surface area contributed by atoms with Gasteiger partial charge in [-0.15, -0.1) is 0 Å². The summed E-state index contributed by atoms with van der Waals surface area (Å²) >= 11 is 0. The van der Waals surface area contributed by atoms with E-state index in [4.69, 9.17) is 9.26 Å². The molecule has 0 spiro atoms. The fourth-order valence-electron chi connectivity index (χ4n) is 2.16. The minimum atomic E-state index is 0.324. The smallest absolute Gasteiger partial charge is 0.240 e. The van der Waals surface area contributed by atoms with Gasteiger partial charge in [0.15, 0.2) is 5.82 Å². The van der Waals surface area contributed by atoms with Crippen molar-refractivity contribution in [2.24, 2.45) is 5.92 Å². The van der Waals surface area contributed by atoms with Gasteiger partial charge in [0.1, 0.15) is 0 Å². The van der Waals surface area contributed by atoms with E-state index in [2.05, 4.69) is 15.5 Å². The van der Waals surface area contributed by atoms with E-state index in [0.29, 0.717) is 18.4 Å². The molecule has 0 radical (unpaired) electrons. The van der Waals surface area contributed by atoms with Crippen molar-refractivity contribution in [2.45, 2.75) is 38.1 Å². The van der Waals surface area contributed by atoms with Crippen molar-refractivity contribution in [2.75, 3.05) is 19.8 Å². The zero-order chi connectivity index (χ0) is 11.5. The highest BCUT2D eigenvalue weighted by molar-refractivity contribution is 4.96. The first kappa shape index (κ1) is 11.2. The molecule has 0 bridgehead atoms. The number of aromatic nitrogens is 2. The first-order chi connectivity index (χ1) is 8.42. The topological polar surface area (TPSA) is 60.2 Å². The van der Waals surface area contributed by atoms with Crippen LogP contribution in [0.15, 0.2) is 4.52 Å². The molecule has 1 aliphatic heterocycles. The van der Waals surface area contributed by atoms with Crippen molar-refractivity contribution in [1.82, 2.24) is 15.5 Å². The van der Waals surface area contributed by atoms with Crippen LogP contribution in [0.5, 0.6) is 0 Å². The van der Waals surface area contributed by atoms with Crippen molar-refractivity contribution in [3.05, 3.63) is 11.7 Å². The van der Waals surface area contributed by atoms with E-state index in [9.17, 15) is 0 Å². The Balaban J connectivity index is 1.49. The molecule has 2 heterocycles. The second-order valence-corrected chi connectivity index (χ2v) is 5.03. The second-order valence-electron chi connectivity index (χ2n) is 5.03. The molecule has 0 aromatic carbocycles. The molecule has 17 heavy (non-hydrogen) atoms. The van der Waals surface area contributed by atoms with Crippen LogP contribution in [-0.2, 0) is 11.3 Å². The van der Waals surface area contributed by atoms with Gasteiger partial charge in [-0.25, -0.2) is 0 Å². The maximum absolute atomic E-state index is 5.43. The van der Waals surface area contributed by atoms with Gasteiger partial charge in [0, 0.05) is 12.5 Å². The van der Waals surface area contributed by atoms with Crippen molar-refractivity contribution < 1.29 is 9.26 Å². The molecule has 1 aromatic heterocycles. The van der Waals surface area contributed by atoms with E-state index in [1.54, 1.807) is 0 Å². The lowest BCUT2D eigenvalue weighted by Gasteiger charge is -2.18. The molecule has 2 fully saturated rings. The minimum Gasteiger partial charge on any atom is -0.381 e. The summed E-state index contributed by atoms with van der Waals surface area (Å²) in [6.07, 6.45) is 4.92. The maximum atomic E-state index is 5.43. The number of hydrogen-bond acceptors (Lipinski definition) is 5. The average molecular weight is 237 g/mol. The number of nitrogens with one attached hydrogen (secondary N) is 1. The molecule has 5 heteroatoms. The van der Waals surface area contributed by atoms with Gasteiger partial charge in [-0.05, 0) is 38.1 Å². The molecular formula is C12H19N3O2. The summed E-state index contributed by atoms with van der Waals surface area (Å²) in [4.78, 5) is 4.43. The van der Waals surface area contributed by atoms with Gasteiger partial charge in [0.25, 0.3) is 0 Å². The average Bonchev–Trinajstić information content (AvgIpc) is 3.07. The third-order valence-corrected chi connectivity index (χ3v) is 3.42. The molecule has 1 saturated heterocycles. The molecule has 1 N–H and O–H groups in total. The van der Waals surface area contributed by atoms with Gasteiger partial charge in [-0.2, -0.15) is 4.98 Å². The normalized spacial score (nSPS) is 25.1. The van der Waals surface area contributed by atoms with Crippen LogP contribution in [0.3, 0.4) is 0 Å². The summed E-state index contributed by atoms with van der Waals surface area (Å²) in [7, 11) is 0. The molecule has 0 amide bonds. The van der Waals surface area contributed by atoms with Crippen molar-refractivity contribution in [1.29, 1.82) is 0 Å². The first-order valence-electron chi connectivity index (χ1n) is 6.53. The summed E-state index contributed by atoms with van der Waals surface area (Å²) in [5.41, 5.74) is 0. The van der Waals surface area contributed by atoms with Gasteiger partial charge < -0.3 is 14.6 Å². The van der Waals surface area contributed by atoms with E-state index in [0.717, 1.165) is 44.3 Å². The van der Waals surface area contributed by atoms with Gasteiger partial charge in [-0.1, -0.05) is 5.16 Å². The summed E-state index contributed by atoms with van der Waals surface area (Å²) in [6.45, 7) is 3.36. The second kappa shape index (κ2) is 5.14. The zero-order valence-corrected chi connectivity index (χ0v) is 10.0. The van der Waals surface area contributed by atoms with E-state index < -0.39 is 0 Å². The van der Waals surface area contributed by atoms with Gasteiger partial charge in [0.2, 0.25) is 5.89 Å². The predicted molar refractivity (Wildman–Crippen MR) is 61.5 cm³/mol. The molecule has 94 valence electrons. The Kier molecular flexibility index (Phi) is 3.38. The summed E-state index contributed by atoms with van der Waals surface area (Å²) in [5.74, 6) is 2.72. The quantitative estimate of drug-likeness (QED) is 0.840. The van der Waals surface area contributed by atoms with Crippen LogP contribution in [0.4, 0.5) is 0 Å². The lowest BCUT2D eigenvalue weighted by atomic mass is 10.0. The third kappa shape index (κ3) is 3.04. The molecular weight excluding hydrogens is 218 g/mol. The zero-order valence-electron chi connectivity index (χ0n) is 10.0. The highest BCUT2D eigenvalue weighted by Crippen LogP contribution is 2.27. The van der Waals surface area contributed by atoms with E-state index in [1.165, 1.54) is 12.8 Å². The van der Waals surface area contributed by atoms with Crippen LogP contribution < -0.4 is 5.32 Å². The lowest BCUT2D eigenvalue weighted by molar-refractivity contribution is 0.0773. The number of ether oxygens (including phenoxy) is 1. The van der Waals surface area contributed by atoms with E-state index in [1.807, 2.05) is 0 Å². The Morgan fingerprint density at radius 2 is 2.24 bits per heavy atom. The molecule has 1 atom stereocenters. The van der Waals surface area contributed by atoms with Crippen molar-refractivity contribution >= 4 is 0 Å². The summed E-state index contributed by atoms with van der Waals surface area (Å²) in [5, 5.41) is 7.40. The third-order valence-electron chi connectivity index (χ3n) is 3.42. The molecule has 1 aliphatic carbocycles. The summed E-state index contributed by atoms with van der Waals surface area (Å²) in [6, 6.07) is 0. The molecule has 2 aliphatic rings. The standard InChI is InChI=1S/C12H19N3O2/c1-2-10(8-16-5-1)12-14-11(17-15-12)7-13-6-9-3-4-9/h9-10,13H,1-8H2. The number of rotatable bonds is 5. The SMILES string of the molecule is C1COCC(c2noc(CNCC3CC3)n2)C1. The minimum absolute atomic E-state index is 0.324. The van der Waals surface area contributed by atoms with Crippen molar-refractivity contribution in [3.8, 4) is 0 Å². The Bertz CT molecular complexity index is 356. The van der Waals surface area contributed by atoms with Crippen LogP contribution >= 0.6 is 0 Å². The molecule has 1 unspecified atom stereocenters. The monoisotopic (exact) mass is 237 g/mol. The van der Waals surface area contributed by atoms with Crippen molar-refractivity contribution in [3.63, 3.8) is 0 Å². The van der Waals surface area contributed by atoms with E-state index in [-0.39, 0.29) is 0 Å². The molecule has 5 nitrogen and oxygen atoms in total. The number of hydrogen-bond donors (Lipinski definition) is 1. The summed E-state index contributed by atoms with van der Waals surface area (Å²) < 4.78 is 10.7. The molecule has 3 rings (SSSR count). The van der Waals surface area contributed by atoms with Crippen LogP contribution in [0.2, 0.25) is 0 Å². The molecule has 1 aromatic rings. The van der Waals surface area contributed by atoms with Gasteiger partial charge in [0.05, 0.1) is 13.2 Å². The van der Waals surface area contributed by atoms with Crippen LogP contribution in [-0.4, -0.2) is 29.9 Å². The fourth-order valence-corrected chi connectivity index (χ4v) is 2.16. The first-order valence-corrected chi connectivity index (χ1v) is 6.53. The Hall–Kier alpha value is -0.940. The molecule has 1 saturated carbocycles. The van der Waals surface area contributed by atoms with Crippen LogP contribution in [0.25, 0.3) is 0 Å². The van der Waals surface area contributed by atoms with Crippen LogP contribution in [0.1, 0.15) is 43.3 Å². The van der Waals surface area contributed by atoms with Gasteiger partial charge >= 0.3 is 0 Å². The Morgan fingerprint density at radius 3 is 3.00 bits per heavy atom. The van der Waals surface area contributed by atoms with E-state index >= 15 is 0 Å². The maximum Gasteiger partial charge on any atom is 0.240 e. The highest BCUT2D eigenvalue weighted by atomic mass is 16.5. The largest absolute Gasteiger partial charge is 0.381 e. The highest BCUT2D eigenvalue weighted by Gasteiger charge is 2.22. The Labute approximate surface area is 101 Å². The Morgan fingerprint density at radius 1 is 1.29 bits per heavy atom.